The molecule has 21 heavy (non-hydrogen) atoms. The maximum absolute atomic E-state index is 12.8. The molecule has 118 valence electrons. The summed E-state index contributed by atoms with van der Waals surface area (Å²) >= 11 is 6.44. The quantitative estimate of drug-likeness (QED) is 0.557. The average Bonchev–Trinajstić information content (AvgIpc) is 2.33. The molecule has 0 spiro atoms. The van der Waals surface area contributed by atoms with E-state index in [1.807, 2.05) is 0 Å². The topological polar surface area (TPSA) is 89.7 Å². The van der Waals surface area contributed by atoms with Crippen LogP contribution in [0.25, 0.3) is 0 Å². The Labute approximate surface area is 140 Å². The maximum atomic E-state index is 12.8. The Morgan fingerprint density at radius 1 is 1.38 bits per heavy atom. The van der Waals surface area contributed by atoms with Gasteiger partial charge in [-0.25, -0.2) is 8.42 Å². The fourth-order valence-corrected chi connectivity index (χ4v) is 5.31. The molecule has 0 atom stereocenters. The Morgan fingerprint density at radius 3 is 2.38 bits per heavy atom. The molecule has 0 radical (unpaired) electrons. The third-order valence-electron chi connectivity index (χ3n) is 2.69. The van der Waals surface area contributed by atoms with Gasteiger partial charge in [-0.15, -0.1) is 0 Å². The monoisotopic (exact) mass is 442 g/mol. The summed E-state index contributed by atoms with van der Waals surface area (Å²) in [5.74, 6) is -0.640. The highest BCUT2D eigenvalue weighted by Gasteiger charge is 2.32. The normalized spacial score (nSPS) is 12.0. The minimum atomic E-state index is -3.94. The second-order valence-corrected chi connectivity index (χ2v) is 8.12. The van der Waals surface area contributed by atoms with Crippen LogP contribution >= 0.6 is 31.9 Å². The highest BCUT2D eigenvalue weighted by Crippen LogP contribution is 2.34. The van der Waals surface area contributed by atoms with E-state index in [9.17, 15) is 13.2 Å². The molecule has 0 fully saturated rings. The summed E-state index contributed by atoms with van der Waals surface area (Å²) in [5.41, 5.74) is 5.92. The van der Waals surface area contributed by atoms with Crippen LogP contribution < -0.4 is 5.73 Å². The van der Waals surface area contributed by atoms with Crippen LogP contribution in [-0.2, 0) is 19.6 Å². The lowest BCUT2D eigenvalue weighted by Crippen LogP contribution is -2.41. The van der Waals surface area contributed by atoms with E-state index in [-0.39, 0.29) is 17.1 Å². The van der Waals surface area contributed by atoms with Gasteiger partial charge in [-0.05, 0) is 41.9 Å². The summed E-state index contributed by atoms with van der Waals surface area (Å²) < 4.78 is 32.1. The molecule has 0 aliphatic heterocycles. The highest BCUT2D eigenvalue weighted by atomic mass is 79.9. The summed E-state index contributed by atoms with van der Waals surface area (Å²) in [6.07, 6.45) is 0. The van der Waals surface area contributed by atoms with E-state index in [1.165, 1.54) is 13.2 Å². The Morgan fingerprint density at radius 2 is 1.95 bits per heavy atom. The third-order valence-corrected chi connectivity index (χ3v) is 6.18. The number of halogens is 2. The van der Waals surface area contributed by atoms with Crippen molar-refractivity contribution in [1.82, 2.24) is 4.31 Å². The van der Waals surface area contributed by atoms with Crippen LogP contribution in [0.2, 0.25) is 0 Å². The molecule has 0 aliphatic rings. The molecule has 0 heterocycles. The van der Waals surface area contributed by atoms with Crippen LogP contribution in [0.4, 0.5) is 5.69 Å². The lowest BCUT2D eigenvalue weighted by Gasteiger charge is -2.26. The van der Waals surface area contributed by atoms with Gasteiger partial charge in [-0.2, -0.15) is 4.31 Å². The molecule has 1 rings (SSSR count). The summed E-state index contributed by atoms with van der Waals surface area (Å²) in [6.45, 7) is 2.96. The molecule has 0 saturated heterocycles. The largest absolute Gasteiger partial charge is 0.468 e. The van der Waals surface area contributed by atoms with Crippen LogP contribution in [0.1, 0.15) is 13.8 Å². The first-order chi connectivity index (χ1) is 9.61. The lowest BCUT2D eigenvalue weighted by molar-refractivity contribution is -0.141. The van der Waals surface area contributed by atoms with Gasteiger partial charge in [0, 0.05) is 15.0 Å². The molecule has 0 aliphatic carbocycles. The van der Waals surface area contributed by atoms with Crippen LogP contribution in [-0.4, -0.2) is 38.4 Å². The Kier molecular flexibility index (Phi) is 6.21. The molecule has 2 N–H and O–H groups in total. The first-order valence-electron chi connectivity index (χ1n) is 5.94. The SMILES string of the molecule is COC(=O)CN(C(C)C)S(=O)(=O)c1c(N)cc(Br)cc1Br. The standard InChI is InChI=1S/C12H16Br2N2O4S/c1-7(2)16(6-11(17)20-3)21(18,19)12-9(14)4-8(13)5-10(12)15/h4-5,7H,6,15H2,1-3H3. The molecular weight excluding hydrogens is 428 g/mol. The molecule has 6 nitrogen and oxygen atoms in total. The Hall–Kier alpha value is -0.640. The van der Waals surface area contributed by atoms with E-state index in [0.717, 1.165) is 4.31 Å². The van der Waals surface area contributed by atoms with Gasteiger partial charge in [-0.3, -0.25) is 4.79 Å². The smallest absolute Gasteiger partial charge is 0.321 e. The average molecular weight is 444 g/mol. The van der Waals surface area contributed by atoms with Gasteiger partial charge in [-0.1, -0.05) is 15.9 Å². The molecule has 0 bridgehead atoms. The van der Waals surface area contributed by atoms with Crippen molar-refractivity contribution in [3.05, 3.63) is 21.1 Å². The van der Waals surface area contributed by atoms with Gasteiger partial charge in [0.2, 0.25) is 10.0 Å². The fraction of sp³-hybridized carbons (Fsp3) is 0.417. The van der Waals surface area contributed by atoms with Gasteiger partial charge >= 0.3 is 5.97 Å². The van der Waals surface area contributed by atoms with Crippen LogP contribution in [0, 0.1) is 0 Å². The molecule has 0 amide bonds. The number of esters is 1. The first-order valence-corrected chi connectivity index (χ1v) is 8.97. The summed E-state index contributed by atoms with van der Waals surface area (Å²) in [6, 6.07) is 2.65. The van der Waals surface area contributed by atoms with Crippen molar-refractivity contribution in [2.75, 3.05) is 19.4 Å². The first kappa shape index (κ1) is 18.4. The number of rotatable bonds is 5. The van der Waals surface area contributed by atoms with E-state index in [4.69, 9.17) is 5.73 Å². The van der Waals surface area contributed by atoms with Gasteiger partial charge in [0.05, 0.1) is 12.8 Å². The van der Waals surface area contributed by atoms with Crippen molar-refractivity contribution in [3.8, 4) is 0 Å². The molecular formula is C12H16Br2N2O4S. The number of carbonyl (C=O) groups excluding carboxylic acids is 1. The van der Waals surface area contributed by atoms with Crippen molar-refractivity contribution >= 4 is 53.5 Å². The number of nitrogens with zero attached hydrogens (tertiary/aromatic N) is 1. The lowest BCUT2D eigenvalue weighted by atomic mass is 10.3. The fourth-order valence-electron chi connectivity index (χ4n) is 1.71. The third kappa shape index (κ3) is 4.18. The second-order valence-electron chi connectivity index (χ2n) is 4.53. The number of benzene rings is 1. The molecule has 1 aromatic rings. The van der Waals surface area contributed by atoms with Crippen molar-refractivity contribution in [1.29, 1.82) is 0 Å². The minimum Gasteiger partial charge on any atom is -0.468 e. The molecule has 0 unspecified atom stereocenters. The summed E-state index contributed by atoms with van der Waals surface area (Å²) in [4.78, 5) is 11.4. The van der Waals surface area contributed by atoms with Crippen LogP contribution in [0.15, 0.2) is 26.0 Å². The number of nitrogens with two attached hydrogens (primary N) is 1. The number of hydrogen-bond donors (Lipinski definition) is 1. The molecule has 0 aromatic heterocycles. The molecule has 1 aromatic carbocycles. The zero-order valence-electron chi connectivity index (χ0n) is 11.8. The van der Waals surface area contributed by atoms with E-state index in [2.05, 4.69) is 36.6 Å². The Balaban J connectivity index is 3.40. The van der Waals surface area contributed by atoms with E-state index >= 15 is 0 Å². The van der Waals surface area contributed by atoms with E-state index in [1.54, 1.807) is 19.9 Å². The zero-order valence-corrected chi connectivity index (χ0v) is 15.7. The van der Waals surface area contributed by atoms with Crippen molar-refractivity contribution in [3.63, 3.8) is 0 Å². The van der Waals surface area contributed by atoms with Crippen molar-refractivity contribution < 1.29 is 17.9 Å². The van der Waals surface area contributed by atoms with Gasteiger partial charge in [0.15, 0.2) is 0 Å². The van der Waals surface area contributed by atoms with Gasteiger partial charge < -0.3 is 10.5 Å². The van der Waals surface area contributed by atoms with Crippen LogP contribution in [0.5, 0.6) is 0 Å². The van der Waals surface area contributed by atoms with Gasteiger partial charge in [0.25, 0.3) is 0 Å². The van der Waals surface area contributed by atoms with Crippen molar-refractivity contribution in [2.24, 2.45) is 0 Å². The van der Waals surface area contributed by atoms with E-state index in [0.29, 0.717) is 8.95 Å². The zero-order chi connectivity index (χ0) is 16.4. The summed E-state index contributed by atoms with van der Waals surface area (Å²) in [7, 11) is -2.74. The summed E-state index contributed by atoms with van der Waals surface area (Å²) in [5, 5.41) is 0. The van der Waals surface area contributed by atoms with Crippen molar-refractivity contribution in [2.45, 2.75) is 24.8 Å². The number of nitrogen functional groups attached to an aromatic ring is 1. The molecule has 0 saturated carbocycles. The predicted molar refractivity (Wildman–Crippen MR) is 87.3 cm³/mol. The molecule has 9 heteroatoms. The Bertz CT molecular complexity index is 624. The van der Waals surface area contributed by atoms with Gasteiger partial charge in [0.1, 0.15) is 11.4 Å². The number of anilines is 1. The minimum absolute atomic E-state index is 0.0664. The van der Waals surface area contributed by atoms with E-state index < -0.39 is 22.0 Å². The number of sulfonamides is 1. The highest BCUT2D eigenvalue weighted by molar-refractivity contribution is 9.11. The number of methoxy groups -OCH3 is 1. The number of hydrogen-bond acceptors (Lipinski definition) is 5. The second kappa shape index (κ2) is 7.08. The maximum Gasteiger partial charge on any atom is 0.321 e. The predicted octanol–water partition coefficient (Wildman–Crippen LogP) is 2.37. The van der Waals surface area contributed by atoms with Crippen LogP contribution in [0.3, 0.4) is 0 Å². The number of carbonyl (C=O) groups is 1. The number of ether oxygens (including phenoxy) is 1.